The SMILES string of the molecule is Cc1nc2ccccc2c(=O)n1-c1ccc(C(=O)N2Cc3ccccc3C[C@H]2C(N)=O)cc1. The number of hydrogen-bond donors (Lipinski definition) is 1. The molecule has 33 heavy (non-hydrogen) atoms. The van der Waals surface area contributed by atoms with Crippen LogP contribution in [0.15, 0.2) is 77.6 Å². The molecule has 2 N–H and O–H groups in total. The molecular formula is C26H22N4O3. The number of para-hydroxylation sites is 1. The fraction of sp³-hybridized carbons (Fsp3) is 0.154. The lowest BCUT2D eigenvalue weighted by molar-refractivity contribution is -0.122. The molecule has 0 saturated heterocycles. The zero-order valence-corrected chi connectivity index (χ0v) is 18.1. The Kier molecular flexibility index (Phi) is 5.01. The van der Waals surface area contributed by atoms with E-state index < -0.39 is 11.9 Å². The number of primary amides is 1. The van der Waals surface area contributed by atoms with E-state index in [-0.39, 0.29) is 11.5 Å². The van der Waals surface area contributed by atoms with E-state index in [1.54, 1.807) is 43.3 Å². The van der Waals surface area contributed by atoms with Crippen LogP contribution in [0.4, 0.5) is 0 Å². The summed E-state index contributed by atoms with van der Waals surface area (Å²) >= 11 is 0. The van der Waals surface area contributed by atoms with Crippen molar-refractivity contribution in [1.82, 2.24) is 14.5 Å². The van der Waals surface area contributed by atoms with E-state index in [0.717, 1.165) is 11.1 Å². The quantitative estimate of drug-likeness (QED) is 0.532. The second-order valence-electron chi connectivity index (χ2n) is 8.19. The van der Waals surface area contributed by atoms with Crippen LogP contribution in [0.3, 0.4) is 0 Å². The molecule has 2 amide bonds. The van der Waals surface area contributed by atoms with Crippen molar-refractivity contribution in [2.24, 2.45) is 5.73 Å². The maximum atomic E-state index is 13.3. The highest BCUT2D eigenvalue weighted by atomic mass is 16.2. The first kappa shape index (κ1) is 20.6. The summed E-state index contributed by atoms with van der Waals surface area (Å²) < 4.78 is 1.53. The van der Waals surface area contributed by atoms with Gasteiger partial charge in [-0.05, 0) is 54.4 Å². The smallest absolute Gasteiger partial charge is 0.265 e. The maximum absolute atomic E-state index is 13.3. The van der Waals surface area contributed by atoms with Crippen molar-refractivity contribution >= 4 is 22.7 Å². The Balaban J connectivity index is 1.49. The van der Waals surface area contributed by atoms with E-state index in [4.69, 9.17) is 5.73 Å². The fourth-order valence-corrected chi connectivity index (χ4v) is 4.46. The summed E-state index contributed by atoms with van der Waals surface area (Å²) in [5.41, 5.74) is 9.17. The summed E-state index contributed by atoms with van der Waals surface area (Å²) in [7, 11) is 0. The Morgan fingerprint density at radius 3 is 2.33 bits per heavy atom. The van der Waals surface area contributed by atoms with Gasteiger partial charge in [-0.15, -0.1) is 0 Å². The van der Waals surface area contributed by atoms with Crippen molar-refractivity contribution in [3.8, 4) is 5.69 Å². The van der Waals surface area contributed by atoms with Crippen molar-refractivity contribution in [2.75, 3.05) is 0 Å². The Labute approximate surface area is 190 Å². The molecule has 2 heterocycles. The number of nitrogens with two attached hydrogens (primary N) is 1. The minimum Gasteiger partial charge on any atom is -0.368 e. The summed E-state index contributed by atoms with van der Waals surface area (Å²) in [5.74, 6) is -0.251. The number of fused-ring (bicyclic) bond motifs is 2. The predicted octanol–water partition coefficient (Wildman–Crippen LogP) is 2.75. The van der Waals surface area contributed by atoms with Crippen LogP contribution in [0, 0.1) is 6.92 Å². The Hall–Kier alpha value is -4.26. The van der Waals surface area contributed by atoms with Crippen LogP contribution in [0.1, 0.15) is 27.3 Å². The van der Waals surface area contributed by atoms with Gasteiger partial charge in [-0.3, -0.25) is 19.0 Å². The molecule has 7 heteroatoms. The number of nitrogens with zero attached hydrogens (tertiary/aromatic N) is 3. The molecule has 0 saturated carbocycles. The third-order valence-corrected chi connectivity index (χ3v) is 6.15. The van der Waals surface area contributed by atoms with Gasteiger partial charge in [0.15, 0.2) is 0 Å². The molecule has 7 nitrogen and oxygen atoms in total. The van der Waals surface area contributed by atoms with Crippen molar-refractivity contribution < 1.29 is 9.59 Å². The molecular weight excluding hydrogens is 416 g/mol. The first-order valence-corrected chi connectivity index (χ1v) is 10.7. The average molecular weight is 438 g/mol. The molecule has 0 bridgehead atoms. The molecule has 3 aromatic carbocycles. The van der Waals surface area contributed by atoms with Gasteiger partial charge in [0.2, 0.25) is 5.91 Å². The number of carbonyl (C=O) groups is 2. The summed E-state index contributed by atoms with van der Waals surface area (Å²) in [6.45, 7) is 2.09. The van der Waals surface area contributed by atoms with Crippen molar-refractivity contribution in [3.05, 3.63) is 106 Å². The van der Waals surface area contributed by atoms with Gasteiger partial charge in [0, 0.05) is 18.5 Å². The number of rotatable bonds is 3. The molecule has 0 spiro atoms. The minimum atomic E-state index is -0.707. The van der Waals surface area contributed by atoms with Crippen LogP contribution in [0.5, 0.6) is 0 Å². The predicted molar refractivity (Wildman–Crippen MR) is 125 cm³/mol. The molecule has 0 fully saturated rings. The molecule has 1 aliphatic heterocycles. The van der Waals surface area contributed by atoms with E-state index in [9.17, 15) is 14.4 Å². The lowest BCUT2D eigenvalue weighted by atomic mass is 9.93. The molecule has 1 aliphatic rings. The number of carbonyl (C=O) groups excluding carboxylic acids is 2. The second kappa shape index (κ2) is 8.02. The normalized spacial score (nSPS) is 15.3. The van der Waals surface area contributed by atoms with E-state index in [0.29, 0.717) is 40.9 Å². The molecule has 0 unspecified atom stereocenters. The Morgan fingerprint density at radius 2 is 1.61 bits per heavy atom. The zero-order chi connectivity index (χ0) is 23.1. The lowest BCUT2D eigenvalue weighted by Gasteiger charge is -2.35. The number of hydrogen-bond acceptors (Lipinski definition) is 4. The summed E-state index contributed by atoms with van der Waals surface area (Å²) in [5, 5.41) is 0.527. The van der Waals surface area contributed by atoms with Crippen LogP contribution in [-0.4, -0.2) is 32.3 Å². The van der Waals surface area contributed by atoms with Gasteiger partial charge in [0.1, 0.15) is 11.9 Å². The topological polar surface area (TPSA) is 98.3 Å². The van der Waals surface area contributed by atoms with Gasteiger partial charge in [-0.25, -0.2) is 4.98 Å². The standard InChI is InChI=1S/C26H22N4O3/c1-16-28-22-9-5-4-8-21(22)26(33)30(16)20-12-10-17(11-13-20)25(32)29-15-19-7-3-2-6-18(19)14-23(29)24(27)31/h2-13,23H,14-15H2,1H3,(H2,27,31)/t23-/m0/s1. The second-order valence-corrected chi connectivity index (χ2v) is 8.19. The number of aromatic nitrogens is 2. The molecule has 1 aromatic heterocycles. The summed E-state index contributed by atoms with van der Waals surface area (Å²) in [4.78, 5) is 44.5. The molecule has 164 valence electrons. The van der Waals surface area contributed by atoms with Gasteiger partial charge in [0.25, 0.3) is 11.5 Å². The van der Waals surface area contributed by atoms with Gasteiger partial charge >= 0.3 is 0 Å². The van der Waals surface area contributed by atoms with Crippen LogP contribution in [0.25, 0.3) is 16.6 Å². The number of aryl methyl sites for hydroxylation is 1. The van der Waals surface area contributed by atoms with E-state index in [2.05, 4.69) is 4.98 Å². The summed E-state index contributed by atoms with van der Waals surface area (Å²) in [6.07, 6.45) is 0.396. The third kappa shape index (κ3) is 3.57. The Bertz CT molecular complexity index is 1460. The molecule has 0 aliphatic carbocycles. The minimum absolute atomic E-state index is 0.168. The van der Waals surface area contributed by atoms with Crippen molar-refractivity contribution in [1.29, 1.82) is 0 Å². The van der Waals surface area contributed by atoms with Crippen molar-refractivity contribution in [2.45, 2.75) is 25.9 Å². The van der Waals surface area contributed by atoms with Gasteiger partial charge in [0.05, 0.1) is 16.6 Å². The van der Waals surface area contributed by atoms with Crippen LogP contribution in [0.2, 0.25) is 0 Å². The first-order chi connectivity index (χ1) is 15.9. The molecule has 4 aromatic rings. The van der Waals surface area contributed by atoms with Crippen LogP contribution >= 0.6 is 0 Å². The fourth-order valence-electron chi connectivity index (χ4n) is 4.46. The van der Waals surface area contributed by atoms with Crippen LogP contribution in [-0.2, 0) is 17.8 Å². The average Bonchev–Trinajstić information content (AvgIpc) is 2.83. The number of amides is 2. The van der Waals surface area contributed by atoms with E-state index in [1.165, 1.54) is 9.47 Å². The third-order valence-electron chi connectivity index (χ3n) is 6.15. The Morgan fingerprint density at radius 1 is 0.939 bits per heavy atom. The monoisotopic (exact) mass is 438 g/mol. The highest BCUT2D eigenvalue weighted by Gasteiger charge is 2.33. The van der Waals surface area contributed by atoms with Gasteiger partial charge in [-0.1, -0.05) is 36.4 Å². The largest absolute Gasteiger partial charge is 0.368 e. The van der Waals surface area contributed by atoms with Gasteiger partial charge in [-0.2, -0.15) is 0 Å². The number of benzene rings is 3. The molecule has 0 radical (unpaired) electrons. The highest BCUT2D eigenvalue weighted by Crippen LogP contribution is 2.25. The summed E-state index contributed by atoms with van der Waals surface area (Å²) in [6, 6.07) is 21.0. The van der Waals surface area contributed by atoms with E-state index >= 15 is 0 Å². The first-order valence-electron chi connectivity index (χ1n) is 10.7. The van der Waals surface area contributed by atoms with Crippen molar-refractivity contribution in [3.63, 3.8) is 0 Å². The zero-order valence-electron chi connectivity index (χ0n) is 18.1. The molecule has 5 rings (SSSR count). The van der Waals surface area contributed by atoms with E-state index in [1.807, 2.05) is 36.4 Å². The lowest BCUT2D eigenvalue weighted by Crippen LogP contribution is -2.51. The maximum Gasteiger partial charge on any atom is 0.265 e. The van der Waals surface area contributed by atoms with Crippen LogP contribution < -0.4 is 11.3 Å². The van der Waals surface area contributed by atoms with Gasteiger partial charge < -0.3 is 10.6 Å². The highest BCUT2D eigenvalue weighted by molar-refractivity contribution is 5.98. The molecule has 1 atom stereocenters.